The molecule has 5 heteroatoms. The summed E-state index contributed by atoms with van der Waals surface area (Å²) < 4.78 is 2.25. The summed E-state index contributed by atoms with van der Waals surface area (Å²) in [6.07, 6.45) is 6.43. The number of rotatable bonds is 3. The lowest BCUT2D eigenvalue weighted by Gasteiger charge is -2.20. The van der Waals surface area contributed by atoms with E-state index in [-0.39, 0.29) is 11.9 Å². The maximum absolute atomic E-state index is 12.8. The lowest BCUT2D eigenvalue weighted by atomic mass is 10.1. The van der Waals surface area contributed by atoms with Gasteiger partial charge in [-0.25, -0.2) is 4.98 Å². The predicted octanol–water partition coefficient (Wildman–Crippen LogP) is 3.65. The Morgan fingerprint density at radius 3 is 2.81 bits per heavy atom. The van der Waals surface area contributed by atoms with E-state index in [0.29, 0.717) is 6.54 Å². The highest BCUT2D eigenvalue weighted by molar-refractivity contribution is 5.94. The number of pyridine rings is 1. The van der Waals surface area contributed by atoms with Gasteiger partial charge in [0.15, 0.2) is 0 Å². The van der Waals surface area contributed by atoms with E-state index < -0.39 is 0 Å². The average molecular weight is 346 g/mol. The van der Waals surface area contributed by atoms with Gasteiger partial charge in [-0.15, -0.1) is 0 Å². The van der Waals surface area contributed by atoms with Gasteiger partial charge in [-0.2, -0.15) is 0 Å². The van der Waals surface area contributed by atoms with Crippen LogP contribution in [0.25, 0.3) is 11.4 Å². The Morgan fingerprint density at radius 2 is 2.04 bits per heavy atom. The normalized spacial score (nSPS) is 16.8. The summed E-state index contributed by atoms with van der Waals surface area (Å²) in [4.78, 5) is 23.6. The van der Waals surface area contributed by atoms with Crippen molar-refractivity contribution in [3.8, 4) is 11.4 Å². The third kappa shape index (κ3) is 3.01. The first-order chi connectivity index (χ1) is 12.6. The molecule has 0 aliphatic carbocycles. The Balaban J connectivity index is 1.58. The summed E-state index contributed by atoms with van der Waals surface area (Å²) in [6.45, 7) is 5.55. The Hall–Kier alpha value is -2.95. The minimum atomic E-state index is 0.108. The molecule has 1 atom stereocenters. The Morgan fingerprint density at radius 1 is 1.15 bits per heavy atom. The smallest absolute Gasteiger partial charge is 0.253 e. The third-order valence-electron chi connectivity index (χ3n) is 4.98. The van der Waals surface area contributed by atoms with Crippen LogP contribution in [0, 0.1) is 13.8 Å². The topological polar surface area (TPSA) is 51.0 Å². The SMILES string of the molecule is Cc1cccc(C(=O)N2CCC(n3c(C)cnc3-c3cccnc3)C2)c1. The van der Waals surface area contributed by atoms with E-state index in [9.17, 15) is 4.79 Å². The largest absolute Gasteiger partial charge is 0.336 e. The fraction of sp³-hybridized carbons (Fsp3) is 0.286. The van der Waals surface area contributed by atoms with Gasteiger partial charge in [-0.3, -0.25) is 9.78 Å². The van der Waals surface area contributed by atoms with Crippen molar-refractivity contribution in [3.05, 3.63) is 71.8 Å². The summed E-state index contributed by atoms with van der Waals surface area (Å²) in [6, 6.07) is 12.0. The monoisotopic (exact) mass is 346 g/mol. The summed E-state index contributed by atoms with van der Waals surface area (Å²) in [7, 11) is 0. The van der Waals surface area contributed by atoms with E-state index in [1.165, 1.54) is 0 Å². The molecule has 0 radical (unpaired) electrons. The predicted molar refractivity (Wildman–Crippen MR) is 101 cm³/mol. The van der Waals surface area contributed by atoms with Crippen molar-refractivity contribution < 1.29 is 4.79 Å². The highest BCUT2D eigenvalue weighted by Crippen LogP contribution is 2.30. The fourth-order valence-electron chi connectivity index (χ4n) is 3.71. The maximum Gasteiger partial charge on any atom is 0.253 e. The molecule has 132 valence electrons. The molecule has 0 saturated carbocycles. The number of aryl methyl sites for hydroxylation is 2. The van der Waals surface area contributed by atoms with Crippen molar-refractivity contribution in [1.29, 1.82) is 0 Å². The Bertz CT molecular complexity index is 932. The van der Waals surface area contributed by atoms with Crippen molar-refractivity contribution in [2.24, 2.45) is 0 Å². The second-order valence-electron chi connectivity index (χ2n) is 6.90. The molecule has 1 aromatic carbocycles. The first kappa shape index (κ1) is 16.5. The van der Waals surface area contributed by atoms with Crippen LogP contribution >= 0.6 is 0 Å². The Labute approximate surface area is 153 Å². The second-order valence-corrected chi connectivity index (χ2v) is 6.90. The Kier molecular flexibility index (Phi) is 4.29. The number of imidazole rings is 1. The van der Waals surface area contributed by atoms with Crippen molar-refractivity contribution in [2.45, 2.75) is 26.3 Å². The zero-order valence-corrected chi connectivity index (χ0v) is 15.1. The molecular formula is C21H22N4O. The van der Waals surface area contributed by atoms with Crippen LogP contribution in [0.1, 0.15) is 34.1 Å². The van der Waals surface area contributed by atoms with Gasteiger partial charge in [-0.1, -0.05) is 17.7 Å². The molecule has 1 amide bonds. The quantitative estimate of drug-likeness (QED) is 0.727. The van der Waals surface area contributed by atoms with Crippen LogP contribution in [0.4, 0.5) is 0 Å². The maximum atomic E-state index is 12.8. The molecule has 3 heterocycles. The molecule has 3 aromatic rings. The van der Waals surface area contributed by atoms with Crippen molar-refractivity contribution in [3.63, 3.8) is 0 Å². The molecular weight excluding hydrogens is 324 g/mol. The van der Waals surface area contributed by atoms with E-state index in [2.05, 4.69) is 21.5 Å². The number of nitrogens with zero attached hydrogens (tertiary/aromatic N) is 4. The van der Waals surface area contributed by atoms with Crippen LogP contribution in [-0.4, -0.2) is 38.4 Å². The third-order valence-corrected chi connectivity index (χ3v) is 4.98. The lowest BCUT2D eigenvalue weighted by Crippen LogP contribution is -2.29. The van der Waals surface area contributed by atoms with Crippen LogP contribution in [-0.2, 0) is 0 Å². The molecule has 4 rings (SSSR count). The van der Waals surface area contributed by atoms with Crippen LogP contribution in [0.2, 0.25) is 0 Å². The first-order valence-electron chi connectivity index (χ1n) is 8.93. The zero-order valence-electron chi connectivity index (χ0n) is 15.1. The summed E-state index contributed by atoms with van der Waals surface area (Å²) in [5, 5.41) is 0. The molecule has 0 spiro atoms. The number of carbonyl (C=O) groups excluding carboxylic acids is 1. The van der Waals surface area contributed by atoms with Gasteiger partial charge in [-0.05, 0) is 44.5 Å². The van der Waals surface area contributed by atoms with E-state index in [0.717, 1.165) is 41.2 Å². The van der Waals surface area contributed by atoms with Gasteiger partial charge in [0, 0.05) is 48.5 Å². The summed E-state index contributed by atoms with van der Waals surface area (Å²) in [5.74, 6) is 1.03. The number of hydrogen-bond donors (Lipinski definition) is 0. The van der Waals surface area contributed by atoms with Crippen molar-refractivity contribution >= 4 is 5.91 Å². The molecule has 26 heavy (non-hydrogen) atoms. The molecule has 0 bridgehead atoms. The molecule has 1 aliphatic rings. The minimum absolute atomic E-state index is 0.108. The molecule has 2 aromatic heterocycles. The average Bonchev–Trinajstić information content (AvgIpc) is 3.28. The molecule has 1 fully saturated rings. The second kappa shape index (κ2) is 6.75. The van der Waals surface area contributed by atoms with E-state index in [1.54, 1.807) is 6.20 Å². The van der Waals surface area contributed by atoms with Crippen LogP contribution in [0.3, 0.4) is 0 Å². The number of likely N-dealkylation sites (tertiary alicyclic amines) is 1. The standard InChI is InChI=1S/C21H22N4O/c1-15-5-3-6-17(11-15)21(26)24-10-8-19(14-24)25-16(2)12-23-20(25)18-7-4-9-22-13-18/h3-7,9,11-13,19H,8,10,14H2,1-2H3. The number of benzene rings is 1. The van der Waals surface area contributed by atoms with Gasteiger partial charge < -0.3 is 9.47 Å². The zero-order chi connectivity index (χ0) is 18.1. The highest BCUT2D eigenvalue weighted by Gasteiger charge is 2.30. The van der Waals surface area contributed by atoms with Gasteiger partial charge in [0.05, 0.1) is 6.04 Å². The van der Waals surface area contributed by atoms with E-state index in [4.69, 9.17) is 0 Å². The molecule has 1 saturated heterocycles. The van der Waals surface area contributed by atoms with Gasteiger partial charge in [0.1, 0.15) is 5.82 Å². The molecule has 0 N–H and O–H groups in total. The number of carbonyl (C=O) groups is 1. The lowest BCUT2D eigenvalue weighted by molar-refractivity contribution is 0.0787. The van der Waals surface area contributed by atoms with Gasteiger partial charge in [0.25, 0.3) is 5.91 Å². The van der Waals surface area contributed by atoms with Crippen LogP contribution in [0.15, 0.2) is 55.0 Å². The van der Waals surface area contributed by atoms with Gasteiger partial charge in [0.2, 0.25) is 0 Å². The molecule has 5 nitrogen and oxygen atoms in total. The van der Waals surface area contributed by atoms with Crippen molar-refractivity contribution in [2.75, 3.05) is 13.1 Å². The summed E-state index contributed by atoms with van der Waals surface area (Å²) >= 11 is 0. The number of hydrogen-bond acceptors (Lipinski definition) is 3. The van der Waals surface area contributed by atoms with Crippen LogP contribution < -0.4 is 0 Å². The van der Waals surface area contributed by atoms with E-state index in [1.807, 2.05) is 60.6 Å². The number of amides is 1. The number of aromatic nitrogens is 3. The van der Waals surface area contributed by atoms with Crippen LogP contribution in [0.5, 0.6) is 0 Å². The van der Waals surface area contributed by atoms with Gasteiger partial charge >= 0.3 is 0 Å². The molecule has 1 unspecified atom stereocenters. The van der Waals surface area contributed by atoms with E-state index >= 15 is 0 Å². The highest BCUT2D eigenvalue weighted by atomic mass is 16.2. The fourth-order valence-corrected chi connectivity index (χ4v) is 3.71. The minimum Gasteiger partial charge on any atom is -0.336 e. The summed E-state index contributed by atoms with van der Waals surface area (Å²) in [5.41, 5.74) is 3.99. The first-order valence-corrected chi connectivity index (χ1v) is 8.93. The van der Waals surface area contributed by atoms with Crippen molar-refractivity contribution in [1.82, 2.24) is 19.4 Å². The molecule has 1 aliphatic heterocycles.